The Bertz CT molecular complexity index is 785. The number of carbonyl (C=O) groups is 1. The molecule has 2 aliphatic rings. The Kier molecular flexibility index (Phi) is 5.12. The summed E-state index contributed by atoms with van der Waals surface area (Å²) in [6, 6.07) is 14.3. The molecule has 2 aliphatic heterocycles. The van der Waals surface area contributed by atoms with Crippen LogP contribution in [0, 0.1) is 0 Å². The highest BCUT2D eigenvalue weighted by Gasteiger charge is 2.43. The summed E-state index contributed by atoms with van der Waals surface area (Å²) < 4.78 is 6.53. The molecule has 2 aromatic rings. The minimum absolute atomic E-state index is 0.0967. The molecule has 1 atom stereocenters. The normalized spacial score (nSPS) is 21.3. The van der Waals surface area contributed by atoms with Crippen LogP contribution < -0.4 is 10.1 Å². The van der Waals surface area contributed by atoms with E-state index in [2.05, 4.69) is 27.3 Å². The second-order valence-corrected chi connectivity index (χ2v) is 7.70. The van der Waals surface area contributed by atoms with E-state index >= 15 is 0 Å². The summed E-state index contributed by atoms with van der Waals surface area (Å²) in [5, 5.41) is 2.77. The van der Waals surface area contributed by atoms with E-state index in [0.29, 0.717) is 6.42 Å². The maximum Gasteiger partial charge on any atom is 0.220 e. The zero-order valence-corrected chi connectivity index (χ0v) is 15.9. The topological polar surface area (TPSA) is 54.5 Å². The summed E-state index contributed by atoms with van der Waals surface area (Å²) >= 11 is 0. The number of fused-ring (bicyclic) bond motifs is 1. The number of amides is 1. The molecule has 0 radical (unpaired) electrons. The van der Waals surface area contributed by atoms with Gasteiger partial charge in [0.15, 0.2) is 0 Å². The minimum Gasteiger partial charge on any atom is -0.487 e. The number of rotatable bonds is 4. The minimum atomic E-state index is -0.159. The first-order valence-corrected chi connectivity index (χ1v) is 9.78. The van der Waals surface area contributed by atoms with Crippen LogP contribution in [-0.2, 0) is 11.3 Å². The SMILES string of the molecule is CNC(=O)C[C@@H]1CC2(CCN(Cc3ccccn3)CC2)Oc2ccccc21. The van der Waals surface area contributed by atoms with Gasteiger partial charge >= 0.3 is 0 Å². The van der Waals surface area contributed by atoms with Crippen molar-refractivity contribution in [2.24, 2.45) is 0 Å². The maximum absolute atomic E-state index is 12.0. The summed E-state index contributed by atoms with van der Waals surface area (Å²) in [6.45, 7) is 2.87. The fourth-order valence-corrected chi connectivity index (χ4v) is 4.40. The van der Waals surface area contributed by atoms with Gasteiger partial charge in [0, 0.05) is 45.2 Å². The first-order valence-electron chi connectivity index (χ1n) is 9.78. The number of likely N-dealkylation sites (tertiary alicyclic amines) is 1. The zero-order chi connectivity index (χ0) is 18.7. The number of pyridine rings is 1. The van der Waals surface area contributed by atoms with Crippen LogP contribution in [0.2, 0.25) is 0 Å². The highest BCUT2D eigenvalue weighted by atomic mass is 16.5. The number of hydrogen-bond acceptors (Lipinski definition) is 4. The van der Waals surface area contributed by atoms with E-state index in [0.717, 1.165) is 50.3 Å². The molecular weight excluding hydrogens is 338 g/mol. The summed E-state index contributed by atoms with van der Waals surface area (Å²) in [5.41, 5.74) is 2.12. The van der Waals surface area contributed by atoms with Crippen LogP contribution in [0.5, 0.6) is 5.75 Å². The van der Waals surface area contributed by atoms with Gasteiger partial charge in [-0.1, -0.05) is 24.3 Å². The van der Waals surface area contributed by atoms with Crippen molar-refractivity contribution in [1.29, 1.82) is 0 Å². The van der Waals surface area contributed by atoms with Gasteiger partial charge in [-0.05, 0) is 43.0 Å². The Morgan fingerprint density at radius 1 is 1.22 bits per heavy atom. The number of nitrogens with zero attached hydrogens (tertiary/aromatic N) is 2. The van der Waals surface area contributed by atoms with Gasteiger partial charge in [-0.25, -0.2) is 0 Å². The zero-order valence-electron chi connectivity index (χ0n) is 15.9. The van der Waals surface area contributed by atoms with Crippen molar-refractivity contribution in [2.45, 2.75) is 43.7 Å². The standard InChI is InChI=1S/C22H27N3O2/c1-23-21(26)14-17-15-22(27-20-8-3-2-7-19(17)20)9-12-25(13-10-22)16-18-6-4-5-11-24-18/h2-8,11,17H,9-10,12-16H2,1H3,(H,23,26)/t17-/m1/s1. The van der Waals surface area contributed by atoms with Crippen LogP contribution in [0.25, 0.3) is 0 Å². The van der Waals surface area contributed by atoms with E-state index in [1.165, 1.54) is 5.56 Å². The van der Waals surface area contributed by atoms with E-state index in [9.17, 15) is 4.79 Å². The molecule has 4 rings (SSSR count). The first-order chi connectivity index (χ1) is 13.2. The van der Waals surface area contributed by atoms with E-state index in [1.807, 2.05) is 36.5 Å². The molecule has 27 heavy (non-hydrogen) atoms. The maximum atomic E-state index is 12.0. The molecule has 1 saturated heterocycles. The highest BCUT2D eigenvalue weighted by molar-refractivity contribution is 5.76. The third-order valence-corrected chi connectivity index (χ3v) is 5.89. The van der Waals surface area contributed by atoms with Gasteiger partial charge in [-0.3, -0.25) is 14.7 Å². The van der Waals surface area contributed by atoms with E-state index in [-0.39, 0.29) is 17.4 Å². The molecule has 1 spiro atoms. The number of para-hydroxylation sites is 1. The number of benzene rings is 1. The average Bonchev–Trinajstić information content (AvgIpc) is 2.70. The second-order valence-electron chi connectivity index (χ2n) is 7.70. The summed E-state index contributed by atoms with van der Waals surface area (Å²) in [4.78, 5) is 18.9. The van der Waals surface area contributed by atoms with Gasteiger partial charge in [0.05, 0.1) is 5.69 Å². The Labute approximate surface area is 160 Å². The Balaban J connectivity index is 1.47. The number of aromatic nitrogens is 1. The lowest BCUT2D eigenvalue weighted by atomic mass is 9.76. The number of ether oxygens (including phenoxy) is 1. The average molecular weight is 365 g/mol. The fraction of sp³-hybridized carbons (Fsp3) is 0.455. The van der Waals surface area contributed by atoms with Crippen molar-refractivity contribution in [3.63, 3.8) is 0 Å². The van der Waals surface area contributed by atoms with Crippen LogP contribution in [0.15, 0.2) is 48.7 Å². The quantitative estimate of drug-likeness (QED) is 0.905. The lowest BCUT2D eigenvalue weighted by molar-refractivity contribution is -0.121. The Hall–Kier alpha value is -2.40. The molecule has 5 nitrogen and oxygen atoms in total. The monoisotopic (exact) mass is 365 g/mol. The third kappa shape index (κ3) is 3.98. The molecule has 0 aliphatic carbocycles. The van der Waals surface area contributed by atoms with Crippen molar-refractivity contribution in [2.75, 3.05) is 20.1 Å². The lowest BCUT2D eigenvalue weighted by Crippen LogP contribution is -2.50. The Morgan fingerprint density at radius 2 is 2.00 bits per heavy atom. The van der Waals surface area contributed by atoms with Crippen molar-refractivity contribution in [3.8, 4) is 5.75 Å². The van der Waals surface area contributed by atoms with Crippen LogP contribution in [-0.4, -0.2) is 41.5 Å². The van der Waals surface area contributed by atoms with Gasteiger partial charge in [0.2, 0.25) is 5.91 Å². The molecular formula is C22H27N3O2. The fourth-order valence-electron chi connectivity index (χ4n) is 4.40. The third-order valence-electron chi connectivity index (χ3n) is 5.89. The lowest BCUT2D eigenvalue weighted by Gasteiger charge is -2.47. The second kappa shape index (κ2) is 7.69. The van der Waals surface area contributed by atoms with Crippen molar-refractivity contribution < 1.29 is 9.53 Å². The van der Waals surface area contributed by atoms with Crippen LogP contribution >= 0.6 is 0 Å². The summed E-state index contributed by atoms with van der Waals surface area (Å²) in [7, 11) is 1.71. The van der Waals surface area contributed by atoms with E-state index < -0.39 is 0 Å². The van der Waals surface area contributed by atoms with Gasteiger partial charge < -0.3 is 10.1 Å². The predicted octanol–water partition coefficient (Wildman–Crippen LogP) is 3.12. The largest absolute Gasteiger partial charge is 0.487 e. The number of carbonyl (C=O) groups excluding carboxylic acids is 1. The molecule has 1 N–H and O–H groups in total. The van der Waals surface area contributed by atoms with E-state index in [1.54, 1.807) is 7.05 Å². The molecule has 0 bridgehead atoms. The molecule has 1 aromatic heterocycles. The molecule has 1 amide bonds. The first kappa shape index (κ1) is 18.0. The van der Waals surface area contributed by atoms with Gasteiger partial charge in [0.1, 0.15) is 11.4 Å². The van der Waals surface area contributed by atoms with Crippen LogP contribution in [0.3, 0.4) is 0 Å². The van der Waals surface area contributed by atoms with Crippen LogP contribution in [0.1, 0.15) is 42.9 Å². The van der Waals surface area contributed by atoms with Crippen LogP contribution in [0.4, 0.5) is 0 Å². The van der Waals surface area contributed by atoms with Gasteiger partial charge in [-0.2, -0.15) is 0 Å². The summed E-state index contributed by atoms with van der Waals surface area (Å²) in [5.74, 6) is 1.27. The molecule has 3 heterocycles. The molecule has 0 saturated carbocycles. The van der Waals surface area contributed by atoms with Gasteiger partial charge in [-0.15, -0.1) is 0 Å². The summed E-state index contributed by atoms with van der Waals surface area (Å²) in [6.07, 6.45) is 5.26. The highest BCUT2D eigenvalue weighted by Crippen LogP contribution is 2.46. The smallest absolute Gasteiger partial charge is 0.220 e. The van der Waals surface area contributed by atoms with Crippen molar-refractivity contribution in [1.82, 2.24) is 15.2 Å². The molecule has 1 aromatic carbocycles. The molecule has 142 valence electrons. The molecule has 1 fully saturated rings. The van der Waals surface area contributed by atoms with E-state index in [4.69, 9.17) is 4.74 Å². The number of nitrogens with one attached hydrogen (secondary N) is 1. The Morgan fingerprint density at radius 3 is 2.74 bits per heavy atom. The molecule has 0 unspecified atom stereocenters. The number of hydrogen-bond donors (Lipinski definition) is 1. The van der Waals surface area contributed by atoms with Crippen molar-refractivity contribution in [3.05, 3.63) is 59.9 Å². The van der Waals surface area contributed by atoms with Crippen molar-refractivity contribution >= 4 is 5.91 Å². The predicted molar refractivity (Wildman–Crippen MR) is 105 cm³/mol. The number of piperidine rings is 1. The van der Waals surface area contributed by atoms with Gasteiger partial charge in [0.25, 0.3) is 0 Å². The molecule has 5 heteroatoms.